The van der Waals surface area contributed by atoms with Crippen molar-refractivity contribution in [1.29, 1.82) is 0 Å². The molecule has 0 bridgehead atoms. The molecule has 6 nitrogen and oxygen atoms in total. The Morgan fingerprint density at radius 1 is 1.17 bits per heavy atom. The van der Waals surface area contributed by atoms with Crippen molar-refractivity contribution in [2.24, 2.45) is 5.92 Å². The zero-order chi connectivity index (χ0) is 16.3. The van der Waals surface area contributed by atoms with E-state index in [1.165, 1.54) is 0 Å². The Balaban J connectivity index is 1.42. The van der Waals surface area contributed by atoms with Crippen molar-refractivity contribution in [3.8, 4) is 5.88 Å². The van der Waals surface area contributed by atoms with E-state index in [0.29, 0.717) is 23.3 Å². The predicted molar refractivity (Wildman–Crippen MR) is 88.2 cm³/mol. The molecule has 2 fully saturated rings. The number of aryl methyl sites for hydroxylation is 1. The molecule has 7 heteroatoms. The van der Waals surface area contributed by atoms with Gasteiger partial charge in [-0.15, -0.1) is 0 Å². The van der Waals surface area contributed by atoms with Crippen LogP contribution in [0.4, 0.5) is 0 Å². The molecule has 23 heavy (non-hydrogen) atoms. The number of hydrogen-bond acceptors (Lipinski definition) is 6. The quantitative estimate of drug-likeness (QED) is 0.827. The van der Waals surface area contributed by atoms with Crippen LogP contribution in [0.25, 0.3) is 0 Å². The number of nitrogens with zero attached hydrogens (tertiary/aromatic N) is 3. The standard InChI is InChI=1S/C16H25N3O3S/c1-13-10-17-11-16(18-13)22-15-2-6-19(7-3-15)12-14-4-8-23(20,21)9-5-14/h10-11,14-15H,2-9,12H2,1H3. The topological polar surface area (TPSA) is 72.4 Å². The minimum absolute atomic E-state index is 0.203. The molecule has 2 aliphatic heterocycles. The molecule has 0 aromatic carbocycles. The number of rotatable bonds is 4. The second kappa shape index (κ2) is 7.13. The lowest BCUT2D eigenvalue weighted by Gasteiger charge is -2.35. The van der Waals surface area contributed by atoms with E-state index in [4.69, 9.17) is 4.74 Å². The summed E-state index contributed by atoms with van der Waals surface area (Å²) < 4.78 is 28.9. The second-order valence-electron chi connectivity index (χ2n) is 6.71. The van der Waals surface area contributed by atoms with E-state index in [9.17, 15) is 8.42 Å². The molecule has 3 rings (SSSR count). The summed E-state index contributed by atoms with van der Waals surface area (Å²) in [4.78, 5) is 10.9. The molecule has 0 unspecified atom stereocenters. The van der Waals surface area contributed by atoms with E-state index in [-0.39, 0.29) is 6.10 Å². The van der Waals surface area contributed by atoms with Crippen LogP contribution in [-0.2, 0) is 9.84 Å². The molecular weight excluding hydrogens is 314 g/mol. The summed E-state index contributed by atoms with van der Waals surface area (Å²) in [7, 11) is -2.75. The van der Waals surface area contributed by atoms with E-state index in [1.807, 2.05) is 6.92 Å². The Morgan fingerprint density at radius 3 is 2.52 bits per heavy atom. The van der Waals surface area contributed by atoms with E-state index < -0.39 is 9.84 Å². The molecular formula is C16H25N3O3S. The van der Waals surface area contributed by atoms with Crippen LogP contribution in [0.15, 0.2) is 12.4 Å². The van der Waals surface area contributed by atoms with Crippen molar-refractivity contribution in [1.82, 2.24) is 14.9 Å². The molecule has 2 aliphatic rings. The summed E-state index contributed by atoms with van der Waals surface area (Å²) in [6, 6.07) is 0. The fourth-order valence-electron chi connectivity index (χ4n) is 3.36. The molecule has 2 saturated heterocycles. The van der Waals surface area contributed by atoms with Crippen molar-refractivity contribution in [2.45, 2.75) is 38.7 Å². The lowest BCUT2D eigenvalue weighted by molar-refractivity contribution is 0.0863. The predicted octanol–water partition coefficient (Wildman–Crippen LogP) is 1.45. The Hall–Kier alpha value is -1.21. The van der Waals surface area contributed by atoms with Gasteiger partial charge in [0.05, 0.1) is 23.4 Å². The van der Waals surface area contributed by atoms with Crippen molar-refractivity contribution in [2.75, 3.05) is 31.1 Å². The van der Waals surface area contributed by atoms with Crippen LogP contribution in [0, 0.1) is 12.8 Å². The van der Waals surface area contributed by atoms with Gasteiger partial charge in [-0.2, -0.15) is 0 Å². The Bertz CT molecular complexity index is 613. The van der Waals surface area contributed by atoms with Crippen molar-refractivity contribution < 1.29 is 13.2 Å². The zero-order valence-electron chi connectivity index (χ0n) is 13.6. The van der Waals surface area contributed by atoms with Gasteiger partial charge in [0.15, 0.2) is 0 Å². The van der Waals surface area contributed by atoms with Gasteiger partial charge in [0, 0.05) is 25.8 Å². The van der Waals surface area contributed by atoms with Crippen LogP contribution in [0.2, 0.25) is 0 Å². The van der Waals surface area contributed by atoms with Gasteiger partial charge in [-0.25, -0.2) is 13.4 Å². The monoisotopic (exact) mass is 339 g/mol. The molecule has 3 heterocycles. The highest BCUT2D eigenvalue weighted by molar-refractivity contribution is 7.91. The third kappa shape index (κ3) is 4.88. The maximum absolute atomic E-state index is 11.5. The molecule has 0 atom stereocenters. The average molecular weight is 339 g/mol. The number of aromatic nitrogens is 2. The summed E-state index contributed by atoms with van der Waals surface area (Å²) in [5.74, 6) is 1.87. The first kappa shape index (κ1) is 16.6. The first-order valence-electron chi connectivity index (χ1n) is 8.38. The van der Waals surface area contributed by atoms with E-state index >= 15 is 0 Å². The van der Waals surface area contributed by atoms with Gasteiger partial charge in [0.2, 0.25) is 5.88 Å². The van der Waals surface area contributed by atoms with Crippen LogP contribution < -0.4 is 4.74 Å². The number of ether oxygens (including phenoxy) is 1. The van der Waals surface area contributed by atoms with Gasteiger partial charge >= 0.3 is 0 Å². The highest BCUT2D eigenvalue weighted by atomic mass is 32.2. The molecule has 0 amide bonds. The van der Waals surface area contributed by atoms with Crippen LogP contribution in [-0.4, -0.2) is 60.5 Å². The third-order valence-electron chi connectivity index (χ3n) is 4.75. The van der Waals surface area contributed by atoms with Gasteiger partial charge < -0.3 is 9.64 Å². The minimum Gasteiger partial charge on any atom is -0.473 e. The lowest BCUT2D eigenvalue weighted by Crippen LogP contribution is -2.42. The summed E-state index contributed by atoms with van der Waals surface area (Å²) in [6.07, 6.45) is 7.20. The fraction of sp³-hybridized carbons (Fsp3) is 0.750. The molecule has 0 saturated carbocycles. The molecule has 0 spiro atoms. The maximum atomic E-state index is 11.5. The number of hydrogen-bond donors (Lipinski definition) is 0. The first-order chi connectivity index (χ1) is 11.0. The first-order valence-corrected chi connectivity index (χ1v) is 10.2. The normalized spacial score (nSPS) is 23.7. The van der Waals surface area contributed by atoms with Gasteiger partial charge in [-0.05, 0) is 38.5 Å². The summed E-state index contributed by atoms with van der Waals surface area (Å²) in [5.41, 5.74) is 0.868. The van der Waals surface area contributed by atoms with Crippen LogP contribution >= 0.6 is 0 Å². The highest BCUT2D eigenvalue weighted by Crippen LogP contribution is 2.23. The Kier molecular flexibility index (Phi) is 5.16. The number of piperidine rings is 1. The lowest BCUT2D eigenvalue weighted by atomic mass is 10.00. The SMILES string of the molecule is Cc1cncc(OC2CCN(CC3CCS(=O)(=O)CC3)CC2)n1. The van der Waals surface area contributed by atoms with Crippen LogP contribution in [0.3, 0.4) is 0 Å². The fourth-order valence-corrected chi connectivity index (χ4v) is 4.95. The Morgan fingerprint density at radius 2 is 1.87 bits per heavy atom. The van der Waals surface area contributed by atoms with Crippen LogP contribution in [0.5, 0.6) is 5.88 Å². The van der Waals surface area contributed by atoms with Crippen molar-refractivity contribution in [3.63, 3.8) is 0 Å². The van der Waals surface area contributed by atoms with Crippen molar-refractivity contribution in [3.05, 3.63) is 18.1 Å². The molecule has 0 radical (unpaired) electrons. The highest BCUT2D eigenvalue weighted by Gasteiger charge is 2.27. The molecule has 0 aliphatic carbocycles. The Labute approximate surface area is 138 Å². The van der Waals surface area contributed by atoms with Gasteiger partial charge in [-0.1, -0.05) is 0 Å². The maximum Gasteiger partial charge on any atom is 0.232 e. The van der Waals surface area contributed by atoms with Gasteiger partial charge in [-0.3, -0.25) is 4.98 Å². The van der Waals surface area contributed by atoms with E-state index in [0.717, 1.165) is 51.0 Å². The third-order valence-corrected chi connectivity index (χ3v) is 6.46. The van der Waals surface area contributed by atoms with Crippen molar-refractivity contribution >= 4 is 9.84 Å². The number of sulfone groups is 1. The zero-order valence-corrected chi connectivity index (χ0v) is 14.5. The van der Waals surface area contributed by atoms with E-state index in [2.05, 4.69) is 14.9 Å². The smallest absolute Gasteiger partial charge is 0.232 e. The number of likely N-dealkylation sites (tertiary alicyclic amines) is 1. The molecule has 1 aromatic rings. The average Bonchev–Trinajstić information content (AvgIpc) is 2.51. The molecule has 128 valence electrons. The van der Waals surface area contributed by atoms with E-state index in [1.54, 1.807) is 12.4 Å². The second-order valence-corrected chi connectivity index (χ2v) is 9.02. The van der Waals surface area contributed by atoms with Gasteiger partial charge in [0.1, 0.15) is 15.9 Å². The molecule has 0 N–H and O–H groups in total. The summed E-state index contributed by atoms with van der Waals surface area (Å²) in [6.45, 7) is 4.94. The minimum atomic E-state index is -2.75. The van der Waals surface area contributed by atoms with Gasteiger partial charge in [0.25, 0.3) is 0 Å². The largest absolute Gasteiger partial charge is 0.473 e. The summed E-state index contributed by atoms with van der Waals surface area (Å²) in [5, 5.41) is 0. The van der Waals surface area contributed by atoms with Crippen LogP contribution in [0.1, 0.15) is 31.4 Å². The summed E-state index contributed by atoms with van der Waals surface area (Å²) >= 11 is 0. The molecule has 1 aromatic heterocycles.